The van der Waals surface area contributed by atoms with Gasteiger partial charge in [-0.25, -0.2) is 4.39 Å². The van der Waals surface area contributed by atoms with Gasteiger partial charge in [-0.05, 0) is 30.3 Å². The number of halogens is 2. The molecule has 1 heterocycles. The number of nitrogens with zero attached hydrogens (tertiary/aromatic N) is 1. The molecule has 0 saturated carbocycles. The number of para-hydroxylation sites is 1. The third kappa shape index (κ3) is 4.70. The summed E-state index contributed by atoms with van der Waals surface area (Å²) >= 11 is 3.42. The average molecular weight is 409 g/mol. The Balaban J connectivity index is 1.68. The van der Waals surface area contributed by atoms with E-state index in [4.69, 9.17) is 9.47 Å². The molecule has 2 aromatic carbocycles. The van der Waals surface area contributed by atoms with Gasteiger partial charge in [-0.3, -0.25) is 4.79 Å². The van der Waals surface area contributed by atoms with Gasteiger partial charge in [0, 0.05) is 17.6 Å². The number of carbonyl (C=O) groups excluding carboxylic acids is 1. The number of morpholine rings is 1. The smallest absolute Gasteiger partial charge is 0.262 e. The molecular weight excluding hydrogens is 391 g/mol. The maximum Gasteiger partial charge on any atom is 0.262 e. The zero-order valence-electron chi connectivity index (χ0n) is 13.5. The number of ether oxygens (including phenoxy) is 2. The van der Waals surface area contributed by atoms with Crippen molar-refractivity contribution < 1.29 is 18.7 Å². The SMILES string of the molecule is O=C(COc1ccccc1F)Nc1cc(Br)ccc1N1CCOCC1. The lowest BCUT2D eigenvalue weighted by Gasteiger charge is -2.30. The van der Waals surface area contributed by atoms with Crippen LogP contribution in [0.5, 0.6) is 5.75 Å². The molecule has 0 radical (unpaired) electrons. The van der Waals surface area contributed by atoms with Gasteiger partial charge in [0.15, 0.2) is 18.2 Å². The minimum absolute atomic E-state index is 0.0558. The van der Waals surface area contributed by atoms with Crippen LogP contribution in [0.25, 0.3) is 0 Å². The normalized spacial score (nSPS) is 14.2. The van der Waals surface area contributed by atoms with Crippen LogP contribution in [0.1, 0.15) is 0 Å². The minimum atomic E-state index is -0.494. The number of nitrogens with one attached hydrogen (secondary N) is 1. The van der Waals surface area contributed by atoms with Gasteiger partial charge < -0.3 is 19.7 Å². The van der Waals surface area contributed by atoms with Crippen LogP contribution in [0.2, 0.25) is 0 Å². The molecule has 1 amide bonds. The van der Waals surface area contributed by atoms with Gasteiger partial charge >= 0.3 is 0 Å². The highest BCUT2D eigenvalue weighted by Gasteiger charge is 2.17. The number of anilines is 2. The van der Waals surface area contributed by atoms with E-state index in [9.17, 15) is 9.18 Å². The average Bonchev–Trinajstić information content (AvgIpc) is 2.62. The van der Waals surface area contributed by atoms with E-state index in [0.29, 0.717) is 18.9 Å². The van der Waals surface area contributed by atoms with Crippen molar-refractivity contribution in [3.05, 3.63) is 52.8 Å². The number of hydrogen-bond donors (Lipinski definition) is 1. The van der Waals surface area contributed by atoms with Crippen molar-refractivity contribution in [1.82, 2.24) is 0 Å². The second kappa shape index (κ2) is 8.31. The number of hydrogen-bond acceptors (Lipinski definition) is 4. The van der Waals surface area contributed by atoms with Crippen LogP contribution in [0.4, 0.5) is 15.8 Å². The molecule has 0 aliphatic carbocycles. The van der Waals surface area contributed by atoms with Gasteiger partial charge in [-0.1, -0.05) is 28.1 Å². The third-order valence-corrected chi connectivity index (χ3v) is 4.27. The zero-order valence-corrected chi connectivity index (χ0v) is 15.1. The number of carbonyl (C=O) groups is 1. The van der Waals surface area contributed by atoms with Crippen molar-refractivity contribution in [1.29, 1.82) is 0 Å². The Hall–Kier alpha value is -2.12. The Labute approximate surface area is 153 Å². The second-order valence-corrected chi connectivity index (χ2v) is 6.44. The largest absolute Gasteiger partial charge is 0.481 e. The molecule has 3 rings (SSSR count). The summed E-state index contributed by atoms with van der Waals surface area (Å²) in [6.45, 7) is 2.56. The van der Waals surface area contributed by atoms with E-state index in [2.05, 4.69) is 26.1 Å². The molecule has 0 unspecified atom stereocenters. The van der Waals surface area contributed by atoms with Crippen LogP contribution in [-0.2, 0) is 9.53 Å². The maximum absolute atomic E-state index is 13.5. The van der Waals surface area contributed by atoms with Crippen LogP contribution in [0.15, 0.2) is 46.9 Å². The molecule has 5 nitrogen and oxygen atoms in total. The van der Waals surface area contributed by atoms with Gasteiger partial charge in [-0.2, -0.15) is 0 Å². The molecule has 1 N–H and O–H groups in total. The van der Waals surface area contributed by atoms with E-state index < -0.39 is 5.82 Å². The third-order valence-electron chi connectivity index (χ3n) is 3.78. The van der Waals surface area contributed by atoms with Crippen LogP contribution in [-0.4, -0.2) is 38.8 Å². The molecule has 0 bridgehead atoms. The first kappa shape index (κ1) is 17.7. The quantitative estimate of drug-likeness (QED) is 0.822. The van der Waals surface area contributed by atoms with Crippen molar-refractivity contribution >= 4 is 33.2 Å². The standard InChI is InChI=1S/C18H18BrFN2O3/c19-13-5-6-16(22-7-9-24-10-8-22)15(11-13)21-18(23)12-25-17-4-2-1-3-14(17)20/h1-6,11H,7-10,12H2,(H,21,23). The van der Waals surface area contributed by atoms with Crippen molar-refractivity contribution in [3.8, 4) is 5.75 Å². The second-order valence-electron chi connectivity index (χ2n) is 5.53. The summed E-state index contributed by atoms with van der Waals surface area (Å²) in [4.78, 5) is 14.4. The number of rotatable bonds is 5. The minimum Gasteiger partial charge on any atom is -0.481 e. The molecule has 132 valence electrons. The maximum atomic E-state index is 13.5. The zero-order chi connectivity index (χ0) is 17.6. The predicted octanol–water partition coefficient (Wildman–Crippen LogP) is 3.44. The van der Waals surface area contributed by atoms with Gasteiger partial charge in [0.2, 0.25) is 0 Å². The number of benzene rings is 2. The highest BCUT2D eigenvalue weighted by atomic mass is 79.9. The van der Waals surface area contributed by atoms with E-state index in [0.717, 1.165) is 23.2 Å². The van der Waals surface area contributed by atoms with E-state index in [1.54, 1.807) is 12.1 Å². The molecule has 25 heavy (non-hydrogen) atoms. The van der Waals surface area contributed by atoms with E-state index in [1.165, 1.54) is 12.1 Å². The summed E-state index contributed by atoms with van der Waals surface area (Å²) in [5.41, 5.74) is 1.60. The first-order valence-electron chi connectivity index (χ1n) is 7.93. The Bertz CT molecular complexity index is 751. The molecule has 0 aromatic heterocycles. The lowest BCUT2D eigenvalue weighted by Crippen LogP contribution is -2.37. The summed E-state index contributed by atoms with van der Waals surface area (Å²) < 4.78 is 25.0. The first-order valence-corrected chi connectivity index (χ1v) is 8.72. The van der Waals surface area contributed by atoms with Crippen molar-refractivity contribution in [3.63, 3.8) is 0 Å². The van der Waals surface area contributed by atoms with Crippen LogP contribution >= 0.6 is 15.9 Å². The monoisotopic (exact) mass is 408 g/mol. The lowest BCUT2D eigenvalue weighted by atomic mass is 10.2. The van der Waals surface area contributed by atoms with Crippen LogP contribution in [0, 0.1) is 5.82 Å². The molecule has 0 atom stereocenters. The van der Waals surface area contributed by atoms with E-state index in [1.807, 2.05) is 18.2 Å². The Morgan fingerprint density at radius 3 is 2.76 bits per heavy atom. The van der Waals surface area contributed by atoms with Gasteiger partial charge in [0.25, 0.3) is 5.91 Å². The Kier molecular flexibility index (Phi) is 5.88. The molecule has 1 saturated heterocycles. The Morgan fingerprint density at radius 2 is 2.00 bits per heavy atom. The van der Waals surface area contributed by atoms with Crippen molar-refractivity contribution in [2.75, 3.05) is 43.1 Å². The molecule has 1 fully saturated rings. The van der Waals surface area contributed by atoms with E-state index >= 15 is 0 Å². The van der Waals surface area contributed by atoms with Crippen molar-refractivity contribution in [2.45, 2.75) is 0 Å². The molecule has 0 spiro atoms. The van der Waals surface area contributed by atoms with Crippen molar-refractivity contribution in [2.24, 2.45) is 0 Å². The first-order chi connectivity index (χ1) is 12.1. The van der Waals surface area contributed by atoms with Crippen LogP contribution in [0.3, 0.4) is 0 Å². The summed E-state index contributed by atoms with van der Waals surface area (Å²) in [7, 11) is 0. The fourth-order valence-corrected chi connectivity index (χ4v) is 2.94. The highest BCUT2D eigenvalue weighted by Crippen LogP contribution is 2.30. The molecule has 7 heteroatoms. The van der Waals surface area contributed by atoms with Crippen LogP contribution < -0.4 is 15.0 Å². The topological polar surface area (TPSA) is 50.8 Å². The lowest BCUT2D eigenvalue weighted by molar-refractivity contribution is -0.118. The summed E-state index contributed by atoms with van der Waals surface area (Å²) in [6, 6.07) is 11.7. The summed E-state index contributed by atoms with van der Waals surface area (Å²) in [6.07, 6.45) is 0. The summed E-state index contributed by atoms with van der Waals surface area (Å²) in [5, 5.41) is 2.84. The predicted molar refractivity (Wildman–Crippen MR) is 97.7 cm³/mol. The molecule has 1 aliphatic rings. The highest BCUT2D eigenvalue weighted by molar-refractivity contribution is 9.10. The van der Waals surface area contributed by atoms with Gasteiger partial charge in [-0.15, -0.1) is 0 Å². The fourth-order valence-electron chi connectivity index (χ4n) is 2.58. The number of amides is 1. The summed E-state index contributed by atoms with van der Waals surface area (Å²) in [5.74, 6) is -0.789. The fraction of sp³-hybridized carbons (Fsp3) is 0.278. The molecule has 1 aliphatic heterocycles. The van der Waals surface area contributed by atoms with E-state index in [-0.39, 0.29) is 18.3 Å². The van der Waals surface area contributed by atoms with Gasteiger partial charge in [0.1, 0.15) is 0 Å². The molecule has 2 aromatic rings. The Morgan fingerprint density at radius 1 is 1.24 bits per heavy atom. The van der Waals surface area contributed by atoms with Gasteiger partial charge in [0.05, 0.1) is 24.6 Å². The molecular formula is C18H18BrFN2O3.